The molecule has 0 bridgehead atoms. The number of oxazole rings is 1. The van der Waals surface area contributed by atoms with Gasteiger partial charge in [-0.05, 0) is 25.1 Å². The quantitative estimate of drug-likeness (QED) is 0.387. The Morgan fingerprint density at radius 2 is 1.97 bits per heavy atom. The fraction of sp³-hybridized carbons (Fsp3) is 0.286. The van der Waals surface area contributed by atoms with E-state index >= 15 is 0 Å². The Bertz CT molecular complexity index is 1290. The third-order valence-electron chi connectivity index (χ3n) is 5.18. The molecule has 33 heavy (non-hydrogen) atoms. The summed E-state index contributed by atoms with van der Waals surface area (Å²) in [6.07, 6.45) is 3.07. The highest BCUT2D eigenvalue weighted by Gasteiger charge is 2.27. The maximum atomic E-state index is 12.7. The molecule has 5 rings (SSSR count). The summed E-state index contributed by atoms with van der Waals surface area (Å²) in [5, 5.41) is 17.8. The van der Waals surface area contributed by atoms with Crippen molar-refractivity contribution in [1.29, 1.82) is 5.26 Å². The first-order valence-electron chi connectivity index (χ1n) is 10.1. The monoisotopic (exact) mass is 466 g/mol. The van der Waals surface area contributed by atoms with Crippen LogP contribution in [0.4, 0.5) is 5.88 Å². The summed E-state index contributed by atoms with van der Waals surface area (Å²) in [5.41, 5.74) is 0.924. The maximum Gasteiger partial charge on any atom is 0.277 e. The molecule has 5 heterocycles. The third kappa shape index (κ3) is 4.22. The second-order valence-corrected chi connectivity index (χ2v) is 8.11. The van der Waals surface area contributed by atoms with Crippen molar-refractivity contribution >= 4 is 23.6 Å². The van der Waals surface area contributed by atoms with Gasteiger partial charge in [-0.3, -0.25) is 4.79 Å². The molecule has 4 aromatic rings. The Morgan fingerprint density at radius 3 is 2.67 bits per heavy atom. The SMILES string of the molecule is Cc1occc1-c1nnc(SCC(=O)N2CCN(c3oc(-c4ccco4)nc3C#N)CC2)o1. The Labute approximate surface area is 192 Å². The van der Waals surface area contributed by atoms with E-state index in [-0.39, 0.29) is 23.2 Å². The highest BCUT2D eigenvalue weighted by molar-refractivity contribution is 7.99. The van der Waals surface area contributed by atoms with Gasteiger partial charge in [0, 0.05) is 26.2 Å². The number of anilines is 1. The van der Waals surface area contributed by atoms with E-state index < -0.39 is 0 Å². The number of hydrogen-bond acceptors (Lipinski definition) is 11. The molecule has 1 fully saturated rings. The van der Waals surface area contributed by atoms with Gasteiger partial charge in [0.1, 0.15) is 11.8 Å². The van der Waals surface area contributed by atoms with Crippen LogP contribution in [-0.2, 0) is 4.79 Å². The number of amides is 1. The van der Waals surface area contributed by atoms with Crippen LogP contribution in [-0.4, -0.2) is 57.9 Å². The van der Waals surface area contributed by atoms with Crippen molar-refractivity contribution in [1.82, 2.24) is 20.1 Å². The van der Waals surface area contributed by atoms with Crippen LogP contribution in [0.3, 0.4) is 0 Å². The topological polar surface area (TPSA) is 139 Å². The van der Waals surface area contributed by atoms with E-state index in [1.54, 1.807) is 29.4 Å². The molecule has 0 unspecified atom stereocenters. The van der Waals surface area contributed by atoms with E-state index in [2.05, 4.69) is 21.3 Å². The van der Waals surface area contributed by atoms with Gasteiger partial charge in [-0.1, -0.05) is 11.8 Å². The zero-order valence-corrected chi connectivity index (χ0v) is 18.4. The van der Waals surface area contributed by atoms with E-state index in [0.29, 0.717) is 54.7 Å². The number of nitriles is 1. The fourth-order valence-corrected chi connectivity index (χ4v) is 4.13. The minimum absolute atomic E-state index is 0.0340. The van der Waals surface area contributed by atoms with Crippen LogP contribution in [0.2, 0.25) is 0 Å². The van der Waals surface area contributed by atoms with Crippen LogP contribution in [0.25, 0.3) is 23.1 Å². The van der Waals surface area contributed by atoms with E-state index in [1.807, 2.05) is 11.8 Å². The standard InChI is InChI=1S/C21H18N6O5S/c1-13-14(4-10-29-13)18-24-25-21(32-18)33-12-17(28)26-5-7-27(8-6-26)20-15(11-22)23-19(31-20)16-3-2-9-30-16/h2-4,9-10H,5-8,12H2,1H3. The van der Waals surface area contributed by atoms with Crippen LogP contribution in [0, 0.1) is 18.3 Å². The second-order valence-electron chi connectivity index (χ2n) is 7.18. The highest BCUT2D eigenvalue weighted by atomic mass is 32.2. The van der Waals surface area contributed by atoms with E-state index in [1.165, 1.54) is 18.0 Å². The summed E-state index contributed by atoms with van der Waals surface area (Å²) in [4.78, 5) is 20.6. The van der Waals surface area contributed by atoms with Gasteiger partial charge in [0.2, 0.25) is 17.5 Å². The van der Waals surface area contributed by atoms with Gasteiger partial charge in [0.15, 0.2) is 5.76 Å². The van der Waals surface area contributed by atoms with Crippen LogP contribution < -0.4 is 4.90 Å². The van der Waals surface area contributed by atoms with E-state index in [0.717, 1.165) is 5.56 Å². The average Bonchev–Trinajstić information content (AvgIpc) is 3.64. The summed E-state index contributed by atoms with van der Waals surface area (Å²) < 4.78 is 22.0. The Morgan fingerprint density at radius 1 is 1.12 bits per heavy atom. The molecule has 0 saturated carbocycles. The Hall–Kier alpha value is -3.98. The molecule has 0 N–H and O–H groups in total. The lowest BCUT2D eigenvalue weighted by Crippen LogP contribution is -2.49. The van der Waals surface area contributed by atoms with Crippen molar-refractivity contribution in [2.24, 2.45) is 0 Å². The maximum absolute atomic E-state index is 12.7. The molecular weight excluding hydrogens is 448 g/mol. The zero-order valence-electron chi connectivity index (χ0n) is 17.6. The average molecular weight is 466 g/mol. The highest BCUT2D eigenvalue weighted by Crippen LogP contribution is 2.30. The van der Waals surface area contributed by atoms with E-state index in [9.17, 15) is 10.1 Å². The summed E-state index contributed by atoms with van der Waals surface area (Å²) in [5.74, 6) is 2.29. The number of aromatic nitrogens is 3. The lowest BCUT2D eigenvalue weighted by Gasteiger charge is -2.34. The Balaban J connectivity index is 1.16. The number of hydrogen-bond donors (Lipinski definition) is 0. The van der Waals surface area contributed by atoms with Crippen LogP contribution in [0.15, 0.2) is 53.6 Å². The Kier molecular flexibility index (Phi) is 5.62. The molecule has 1 aliphatic heterocycles. The number of aryl methyl sites for hydroxylation is 1. The molecule has 12 heteroatoms. The molecule has 0 spiro atoms. The van der Waals surface area contributed by atoms with Gasteiger partial charge >= 0.3 is 0 Å². The largest absolute Gasteiger partial charge is 0.469 e. The molecule has 0 radical (unpaired) electrons. The molecule has 11 nitrogen and oxygen atoms in total. The lowest BCUT2D eigenvalue weighted by atomic mass is 10.3. The summed E-state index contributed by atoms with van der Waals surface area (Å²) in [6, 6.07) is 7.26. The zero-order chi connectivity index (χ0) is 22.8. The fourth-order valence-electron chi connectivity index (χ4n) is 3.46. The van der Waals surface area contributed by atoms with Crippen molar-refractivity contribution < 1.29 is 22.5 Å². The minimum atomic E-state index is -0.0340. The number of nitrogens with zero attached hydrogens (tertiary/aromatic N) is 6. The molecule has 4 aromatic heterocycles. The van der Waals surface area contributed by atoms with Crippen molar-refractivity contribution in [2.75, 3.05) is 36.8 Å². The van der Waals surface area contributed by atoms with Gasteiger partial charge in [-0.25, -0.2) is 0 Å². The van der Waals surface area contributed by atoms with Crippen molar-refractivity contribution in [2.45, 2.75) is 12.1 Å². The first kappa shape index (κ1) is 20.9. The second kappa shape index (κ2) is 8.87. The normalized spacial score (nSPS) is 13.9. The van der Waals surface area contributed by atoms with Crippen molar-refractivity contribution in [3.05, 3.63) is 42.2 Å². The number of thioether (sulfide) groups is 1. The molecule has 168 valence electrons. The lowest BCUT2D eigenvalue weighted by molar-refractivity contribution is -0.128. The number of piperazine rings is 1. The summed E-state index contributed by atoms with van der Waals surface area (Å²) in [6.45, 7) is 3.82. The molecular formula is C21H18N6O5S. The molecule has 1 aliphatic rings. The summed E-state index contributed by atoms with van der Waals surface area (Å²) >= 11 is 1.19. The minimum Gasteiger partial charge on any atom is -0.469 e. The molecule has 0 aliphatic carbocycles. The smallest absolute Gasteiger partial charge is 0.277 e. The molecule has 1 amide bonds. The number of rotatable bonds is 6. The predicted molar refractivity (Wildman–Crippen MR) is 115 cm³/mol. The first-order valence-corrected chi connectivity index (χ1v) is 11.1. The van der Waals surface area contributed by atoms with Gasteiger partial charge < -0.3 is 27.5 Å². The molecule has 1 saturated heterocycles. The first-order chi connectivity index (χ1) is 16.1. The molecule has 0 aromatic carbocycles. The van der Waals surface area contributed by atoms with Gasteiger partial charge in [-0.2, -0.15) is 10.2 Å². The van der Waals surface area contributed by atoms with E-state index in [4.69, 9.17) is 17.7 Å². The van der Waals surface area contributed by atoms with Crippen LogP contribution in [0.1, 0.15) is 11.5 Å². The van der Waals surface area contributed by atoms with Crippen molar-refractivity contribution in [3.63, 3.8) is 0 Å². The number of carbonyl (C=O) groups excluding carboxylic acids is 1. The van der Waals surface area contributed by atoms with Crippen LogP contribution >= 0.6 is 11.8 Å². The third-order valence-corrected chi connectivity index (χ3v) is 5.98. The van der Waals surface area contributed by atoms with Crippen LogP contribution in [0.5, 0.6) is 0 Å². The predicted octanol–water partition coefficient (Wildman–Crippen LogP) is 3.20. The van der Waals surface area contributed by atoms with Gasteiger partial charge in [-0.15, -0.1) is 10.2 Å². The molecule has 0 atom stereocenters. The van der Waals surface area contributed by atoms with Gasteiger partial charge in [0.25, 0.3) is 17.0 Å². The summed E-state index contributed by atoms with van der Waals surface area (Å²) in [7, 11) is 0. The number of furan rings is 2. The van der Waals surface area contributed by atoms with Gasteiger partial charge in [0.05, 0.1) is 23.8 Å². The number of carbonyl (C=O) groups is 1. The van der Waals surface area contributed by atoms with Crippen molar-refractivity contribution in [3.8, 4) is 29.2 Å².